The summed E-state index contributed by atoms with van der Waals surface area (Å²) in [5, 5.41) is 2.48. The fourth-order valence-electron chi connectivity index (χ4n) is 1.78. The van der Waals surface area contributed by atoms with Crippen molar-refractivity contribution in [2.24, 2.45) is 0 Å². The normalized spacial score (nSPS) is 11.0. The standard InChI is InChI=1S/C16H13F4NO3/c17-13-3-1-2-4-14(13)23-10-9-15(22)21-11-5-7-12(8-6-11)24-16(18,19)20/h1-8H,9-10H2,(H,21,22). The SMILES string of the molecule is O=C(CCOc1ccccc1F)Nc1ccc(OC(F)(F)F)cc1. The maximum Gasteiger partial charge on any atom is 0.573 e. The Bertz CT molecular complexity index is 686. The van der Waals surface area contributed by atoms with Crippen LogP contribution < -0.4 is 14.8 Å². The van der Waals surface area contributed by atoms with Gasteiger partial charge < -0.3 is 14.8 Å². The van der Waals surface area contributed by atoms with Crippen molar-refractivity contribution in [3.63, 3.8) is 0 Å². The van der Waals surface area contributed by atoms with E-state index in [0.29, 0.717) is 5.69 Å². The molecule has 0 bridgehead atoms. The van der Waals surface area contributed by atoms with Gasteiger partial charge in [-0.15, -0.1) is 13.2 Å². The van der Waals surface area contributed by atoms with Crippen LogP contribution >= 0.6 is 0 Å². The van der Waals surface area contributed by atoms with E-state index in [4.69, 9.17) is 4.74 Å². The molecule has 2 rings (SSSR count). The summed E-state index contributed by atoms with van der Waals surface area (Å²) in [5.74, 6) is -1.30. The molecule has 0 radical (unpaired) electrons. The molecule has 0 aliphatic carbocycles. The predicted octanol–water partition coefficient (Wildman–Crippen LogP) is 4.13. The van der Waals surface area contributed by atoms with Gasteiger partial charge in [-0.05, 0) is 36.4 Å². The van der Waals surface area contributed by atoms with Gasteiger partial charge >= 0.3 is 6.36 Å². The monoisotopic (exact) mass is 343 g/mol. The summed E-state index contributed by atoms with van der Waals surface area (Å²) < 4.78 is 58.2. The van der Waals surface area contributed by atoms with E-state index in [1.165, 1.54) is 30.3 Å². The molecule has 0 atom stereocenters. The number of nitrogens with one attached hydrogen (secondary N) is 1. The van der Waals surface area contributed by atoms with Gasteiger partial charge in [-0.25, -0.2) is 4.39 Å². The van der Waals surface area contributed by atoms with Crippen LogP contribution in [0, 0.1) is 5.82 Å². The van der Waals surface area contributed by atoms with Crippen LogP contribution in [-0.4, -0.2) is 18.9 Å². The number of anilines is 1. The number of alkyl halides is 3. The maximum absolute atomic E-state index is 13.3. The van der Waals surface area contributed by atoms with Crippen LogP contribution in [-0.2, 0) is 4.79 Å². The van der Waals surface area contributed by atoms with Gasteiger partial charge in [0, 0.05) is 5.69 Å². The highest BCUT2D eigenvalue weighted by Crippen LogP contribution is 2.24. The lowest BCUT2D eigenvalue weighted by Gasteiger charge is -2.10. The highest BCUT2D eigenvalue weighted by atomic mass is 19.4. The van der Waals surface area contributed by atoms with Crippen molar-refractivity contribution in [1.82, 2.24) is 0 Å². The number of carbonyl (C=O) groups is 1. The molecule has 1 N–H and O–H groups in total. The van der Waals surface area contributed by atoms with Crippen LogP contribution in [0.3, 0.4) is 0 Å². The van der Waals surface area contributed by atoms with Crippen LogP contribution in [0.1, 0.15) is 6.42 Å². The zero-order valence-electron chi connectivity index (χ0n) is 12.3. The molecule has 0 spiro atoms. The molecular weight excluding hydrogens is 330 g/mol. The first-order valence-electron chi connectivity index (χ1n) is 6.86. The van der Waals surface area contributed by atoms with Crippen molar-refractivity contribution >= 4 is 11.6 Å². The largest absolute Gasteiger partial charge is 0.573 e. The third-order valence-electron chi connectivity index (χ3n) is 2.79. The van der Waals surface area contributed by atoms with Gasteiger partial charge in [0.1, 0.15) is 5.75 Å². The number of ether oxygens (including phenoxy) is 2. The summed E-state index contributed by atoms with van der Waals surface area (Å²) in [4.78, 5) is 11.7. The summed E-state index contributed by atoms with van der Waals surface area (Å²) in [6, 6.07) is 10.5. The van der Waals surface area contributed by atoms with E-state index in [0.717, 1.165) is 12.1 Å². The minimum atomic E-state index is -4.77. The minimum absolute atomic E-state index is 0.0396. The van der Waals surface area contributed by atoms with E-state index in [2.05, 4.69) is 10.1 Å². The Balaban J connectivity index is 1.79. The van der Waals surface area contributed by atoms with E-state index >= 15 is 0 Å². The van der Waals surface area contributed by atoms with E-state index in [1.54, 1.807) is 6.07 Å². The fourth-order valence-corrected chi connectivity index (χ4v) is 1.78. The summed E-state index contributed by atoms with van der Waals surface area (Å²) in [7, 11) is 0. The summed E-state index contributed by atoms with van der Waals surface area (Å²) in [6.07, 6.45) is -4.82. The number of amides is 1. The Morgan fingerprint density at radius 2 is 1.71 bits per heavy atom. The van der Waals surface area contributed by atoms with Gasteiger partial charge in [-0.3, -0.25) is 4.79 Å². The Morgan fingerprint density at radius 1 is 1.04 bits per heavy atom. The third kappa shape index (κ3) is 5.79. The van der Waals surface area contributed by atoms with Crippen molar-refractivity contribution < 1.29 is 31.8 Å². The molecule has 0 aromatic heterocycles. The molecule has 24 heavy (non-hydrogen) atoms. The van der Waals surface area contributed by atoms with Crippen LogP contribution in [0.5, 0.6) is 11.5 Å². The predicted molar refractivity (Wildman–Crippen MR) is 78.3 cm³/mol. The van der Waals surface area contributed by atoms with Crippen LogP contribution in [0.2, 0.25) is 0 Å². The van der Waals surface area contributed by atoms with Crippen LogP contribution in [0.15, 0.2) is 48.5 Å². The lowest BCUT2D eigenvalue weighted by atomic mass is 10.3. The maximum atomic E-state index is 13.3. The van der Waals surface area contributed by atoms with Crippen molar-refractivity contribution in [2.45, 2.75) is 12.8 Å². The van der Waals surface area contributed by atoms with Gasteiger partial charge in [-0.2, -0.15) is 0 Å². The molecule has 0 saturated carbocycles. The second-order valence-corrected chi connectivity index (χ2v) is 4.65. The second kappa shape index (κ2) is 7.67. The van der Waals surface area contributed by atoms with E-state index in [9.17, 15) is 22.4 Å². The second-order valence-electron chi connectivity index (χ2n) is 4.65. The Kier molecular flexibility index (Phi) is 5.62. The molecule has 0 aliphatic heterocycles. The lowest BCUT2D eigenvalue weighted by Crippen LogP contribution is -2.17. The number of halogens is 4. The first-order chi connectivity index (χ1) is 11.3. The molecular formula is C16H13F4NO3. The first kappa shape index (κ1) is 17.6. The third-order valence-corrected chi connectivity index (χ3v) is 2.79. The zero-order valence-corrected chi connectivity index (χ0v) is 12.3. The van der Waals surface area contributed by atoms with Gasteiger partial charge in [0.05, 0.1) is 13.0 Å². The topological polar surface area (TPSA) is 47.6 Å². The number of carbonyl (C=O) groups excluding carboxylic acids is 1. The first-order valence-corrected chi connectivity index (χ1v) is 6.86. The molecule has 2 aromatic rings. The molecule has 1 amide bonds. The highest BCUT2D eigenvalue weighted by molar-refractivity contribution is 5.90. The highest BCUT2D eigenvalue weighted by Gasteiger charge is 2.30. The molecule has 0 saturated heterocycles. The molecule has 0 aliphatic rings. The Morgan fingerprint density at radius 3 is 2.33 bits per heavy atom. The van der Waals surface area contributed by atoms with Crippen molar-refractivity contribution in [3.05, 3.63) is 54.3 Å². The Hall–Kier alpha value is -2.77. The average molecular weight is 343 g/mol. The number of benzene rings is 2. The minimum Gasteiger partial charge on any atom is -0.490 e. The van der Waals surface area contributed by atoms with Gasteiger partial charge in [0.2, 0.25) is 5.91 Å². The van der Waals surface area contributed by atoms with Crippen LogP contribution in [0.4, 0.5) is 23.2 Å². The van der Waals surface area contributed by atoms with E-state index in [1.807, 2.05) is 0 Å². The van der Waals surface area contributed by atoms with Gasteiger partial charge in [0.25, 0.3) is 0 Å². The smallest absolute Gasteiger partial charge is 0.490 e. The fraction of sp³-hybridized carbons (Fsp3) is 0.188. The summed E-state index contributed by atoms with van der Waals surface area (Å²) in [5.41, 5.74) is 0.306. The van der Waals surface area contributed by atoms with E-state index < -0.39 is 18.1 Å². The van der Waals surface area contributed by atoms with Crippen LogP contribution in [0.25, 0.3) is 0 Å². The molecule has 0 heterocycles. The average Bonchev–Trinajstić information content (AvgIpc) is 2.50. The number of hydrogen-bond acceptors (Lipinski definition) is 3. The summed E-state index contributed by atoms with van der Waals surface area (Å²) in [6.45, 7) is -0.0396. The number of hydrogen-bond donors (Lipinski definition) is 1. The molecule has 8 heteroatoms. The summed E-state index contributed by atoms with van der Waals surface area (Å²) >= 11 is 0. The van der Waals surface area contributed by atoms with Gasteiger partial charge in [-0.1, -0.05) is 12.1 Å². The van der Waals surface area contributed by atoms with Gasteiger partial charge in [0.15, 0.2) is 11.6 Å². The molecule has 4 nitrogen and oxygen atoms in total. The van der Waals surface area contributed by atoms with Crippen molar-refractivity contribution in [2.75, 3.05) is 11.9 Å². The Labute approximate surface area is 135 Å². The lowest BCUT2D eigenvalue weighted by molar-refractivity contribution is -0.274. The molecule has 2 aromatic carbocycles. The van der Waals surface area contributed by atoms with Crippen molar-refractivity contribution in [1.29, 1.82) is 0 Å². The number of rotatable bonds is 6. The molecule has 0 fully saturated rings. The van der Waals surface area contributed by atoms with Crippen molar-refractivity contribution in [3.8, 4) is 11.5 Å². The number of para-hydroxylation sites is 1. The quantitative estimate of drug-likeness (QED) is 0.802. The molecule has 128 valence electrons. The zero-order chi connectivity index (χ0) is 17.6. The molecule has 0 unspecified atom stereocenters. The van der Waals surface area contributed by atoms with E-state index in [-0.39, 0.29) is 24.5 Å².